The minimum Gasteiger partial charge on any atom is -0.494 e. The largest absolute Gasteiger partial charge is 0.494 e. The maximum Gasteiger partial charge on any atom is 0.224 e. The molecule has 0 fully saturated rings. The Labute approximate surface area is 187 Å². The molecule has 32 heavy (non-hydrogen) atoms. The third-order valence-electron chi connectivity index (χ3n) is 5.06. The summed E-state index contributed by atoms with van der Waals surface area (Å²) in [5, 5.41) is 2.98. The number of nitrogens with zero attached hydrogens (tertiary/aromatic N) is 2. The molecule has 0 unspecified atom stereocenters. The molecule has 1 amide bonds. The van der Waals surface area contributed by atoms with Crippen molar-refractivity contribution in [2.45, 2.75) is 26.7 Å². The van der Waals surface area contributed by atoms with E-state index in [1.165, 1.54) is 0 Å². The van der Waals surface area contributed by atoms with Gasteiger partial charge in [0.1, 0.15) is 17.3 Å². The zero-order chi connectivity index (χ0) is 22.3. The molecule has 6 nitrogen and oxygen atoms in total. The zero-order valence-electron chi connectivity index (χ0n) is 18.4. The van der Waals surface area contributed by atoms with Crippen LogP contribution in [0.4, 0.5) is 5.69 Å². The Hall–Kier alpha value is -3.80. The molecule has 1 heterocycles. The Morgan fingerprint density at radius 1 is 0.938 bits per heavy atom. The summed E-state index contributed by atoms with van der Waals surface area (Å²) < 4.78 is 13.3. The molecular weight excluding hydrogens is 402 g/mol. The number of hydrogen-bond donors (Lipinski definition) is 1. The van der Waals surface area contributed by atoms with Gasteiger partial charge in [-0.2, -0.15) is 0 Å². The van der Waals surface area contributed by atoms with Crippen LogP contribution in [0.2, 0.25) is 0 Å². The summed E-state index contributed by atoms with van der Waals surface area (Å²) in [7, 11) is 0. The standard InChI is InChI=1S/C26H27N3O3/c1-3-31-20-14-15-24(32-4-2)22(18-20)28-26(30)17-16-25-27-21-12-8-9-13-23(21)29(25)19-10-6-5-7-11-19/h5-15,18H,3-4,16-17H2,1-2H3,(H,28,30). The molecule has 6 heteroatoms. The molecule has 1 N–H and O–H groups in total. The van der Waals surface area contributed by atoms with Crippen molar-refractivity contribution in [1.29, 1.82) is 0 Å². The number of fused-ring (bicyclic) bond motifs is 1. The minimum atomic E-state index is -0.105. The second-order valence-corrected chi connectivity index (χ2v) is 7.26. The van der Waals surface area contributed by atoms with E-state index in [2.05, 4.69) is 9.88 Å². The van der Waals surface area contributed by atoms with Gasteiger partial charge in [-0.25, -0.2) is 4.98 Å². The van der Waals surface area contributed by atoms with Gasteiger partial charge in [0.05, 0.1) is 29.9 Å². The molecule has 1 aromatic heterocycles. The molecule has 0 bridgehead atoms. The van der Waals surface area contributed by atoms with E-state index in [1.807, 2.05) is 80.6 Å². The summed E-state index contributed by atoms with van der Waals surface area (Å²) in [5.41, 5.74) is 3.57. The summed E-state index contributed by atoms with van der Waals surface area (Å²) in [6.07, 6.45) is 0.797. The molecule has 164 valence electrons. The molecule has 0 saturated carbocycles. The lowest BCUT2D eigenvalue weighted by Crippen LogP contribution is -2.15. The van der Waals surface area contributed by atoms with Gasteiger partial charge in [0.25, 0.3) is 0 Å². The van der Waals surface area contributed by atoms with Gasteiger partial charge in [0.15, 0.2) is 0 Å². The third kappa shape index (κ3) is 4.75. The second-order valence-electron chi connectivity index (χ2n) is 7.26. The molecule has 0 spiro atoms. The highest BCUT2D eigenvalue weighted by molar-refractivity contribution is 5.92. The molecule has 4 rings (SSSR count). The average Bonchev–Trinajstić information content (AvgIpc) is 3.19. The van der Waals surface area contributed by atoms with Crippen LogP contribution in [0.3, 0.4) is 0 Å². The molecule has 0 atom stereocenters. The van der Waals surface area contributed by atoms with Crippen LogP contribution in [0.1, 0.15) is 26.1 Å². The van der Waals surface area contributed by atoms with Crippen molar-refractivity contribution in [1.82, 2.24) is 9.55 Å². The van der Waals surface area contributed by atoms with Crippen LogP contribution >= 0.6 is 0 Å². The number of carbonyl (C=O) groups is 1. The van der Waals surface area contributed by atoms with Gasteiger partial charge in [0.2, 0.25) is 5.91 Å². The number of carbonyl (C=O) groups excluding carboxylic acids is 1. The van der Waals surface area contributed by atoms with E-state index in [0.717, 1.165) is 22.5 Å². The maximum atomic E-state index is 12.8. The molecule has 0 aliphatic rings. The van der Waals surface area contributed by atoms with Gasteiger partial charge in [0, 0.05) is 24.6 Å². The number of imidazole rings is 1. The average molecular weight is 430 g/mol. The van der Waals surface area contributed by atoms with E-state index in [-0.39, 0.29) is 5.91 Å². The predicted octanol–water partition coefficient (Wildman–Crippen LogP) is 5.39. The number of aromatic nitrogens is 2. The van der Waals surface area contributed by atoms with Crippen LogP contribution in [0.25, 0.3) is 16.7 Å². The van der Waals surface area contributed by atoms with Crippen LogP contribution < -0.4 is 14.8 Å². The van der Waals surface area contributed by atoms with Crippen molar-refractivity contribution in [2.75, 3.05) is 18.5 Å². The summed E-state index contributed by atoms with van der Waals surface area (Å²) >= 11 is 0. The van der Waals surface area contributed by atoms with Crippen molar-refractivity contribution in [2.24, 2.45) is 0 Å². The molecule has 0 radical (unpaired) electrons. The first-order chi connectivity index (χ1) is 15.7. The number of aryl methyl sites for hydroxylation is 1. The van der Waals surface area contributed by atoms with Crippen LogP contribution in [0, 0.1) is 0 Å². The number of nitrogens with one attached hydrogen (secondary N) is 1. The highest BCUT2D eigenvalue weighted by atomic mass is 16.5. The van der Waals surface area contributed by atoms with E-state index in [4.69, 9.17) is 14.5 Å². The molecular formula is C26H27N3O3. The Morgan fingerprint density at radius 2 is 1.69 bits per heavy atom. The van der Waals surface area contributed by atoms with Crippen molar-refractivity contribution >= 4 is 22.6 Å². The van der Waals surface area contributed by atoms with Gasteiger partial charge in [-0.1, -0.05) is 30.3 Å². The van der Waals surface area contributed by atoms with Crippen molar-refractivity contribution < 1.29 is 14.3 Å². The Morgan fingerprint density at radius 3 is 2.47 bits per heavy atom. The number of benzene rings is 3. The highest BCUT2D eigenvalue weighted by Gasteiger charge is 2.15. The van der Waals surface area contributed by atoms with Crippen LogP contribution in [-0.2, 0) is 11.2 Å². The smallest absolute Gasteiger partial charge is 0.224 e. The van der Waals surface area contributed by atoms with Gasteiger partial charge < -0.3 is 14.8 Å². The normalized spacial score (nSPS) is 10.8. The summed E-state index contributed by atoms with van der Waals surface area (Å²) in [5.74, 6) is 2.06. The first kappa shape index (κ1) is 21.4. The van der Waals surface area contributed by atoms with Crippen LogP contribution in [0.5, 0.6) is 11.5 Å². The Balaban J connectivity index is 1.55. The number of ether oxygens (including phenoxy) is 2. The highest BCUT2D eigenvalue weighted by Crippen LogP contribution is 2.30. The summed E-state index contributed by atoms with van der Waals surface area (Å²) in [6, 6.07) is 23.6. The van der Waals surface area contributed by atoms with Crippen molar-refractivity contribution in [3.05, 3.63) is 78.6 Å². The van der Waals surface area contributed by atoms with Crippen LogP contribution in [-0.4, -0.2) is 28.7 Å². The molecule has 0 aliphatic carbocycles. The first-order valence-electron chi connectivity index (χ1n) is 10.9. The lowest BCUT2D eigenvalue weighted by Gasteiger charge is -2.14. The fourth-order valence-electron chi connectivity index (χ4n) is 3.69. The monoisotopic (exact) mass is 429 g/mol. The van der Waals surface area contributed by atoms with E-state index in [1.54, 1.807) is 6.07 Å². The summed E-state index contributed by atoms with van der Waals surface area (Å²) in [4.78, 5) is 17.6. The SMILES string of the molecule is CCOc1ccc(OCC)c(NC(=O)CCc2nc3ccccc3n2-c2ccccc2)c1. The van der Waals surface area contributed by atoms with E-state index < -0.39 is 0 Å². The lowest BCUT2D eigenvalue weighted by molar-refractivity contribution is -0.116. The molecule has 0 saturated heterocycles. The Bertz CT molecular complexity index is 1200. The van der Waals surface area contributed by atoms with Gasteiger partial charge >= 0.3 is 0 Å². The molecule has 0 aliphatic heterocycles. The van der Waals surface area contributed by atoms with Crippen molar-refractivity contribution in [3.8, 4) is 17.2 Å². The first-order valence-corrected chi connectivity index (χ1v) is 10.9. The maximum absolute atomic E-state index is 12.8. The topological polar surface area (TPSA) is 65.4 Å². The fourth-order valence-corrected chi connectivity index (χ4v) is 3.69. The van der Waals surface area contributed by atoms with E-state index in [0.29, 0.717) is 43.2 Å². The molecule has 3 aromatic carbocycles. The fraction of sp³-hybridized carbons (Fsp3) is 0.231. The minimum absolute atomic E-state index is 0.105. The predicted molar refractivity (Wildman–Crippen MR) is 127 cm³/mol. The van der Waals surface area contributed by atoms with Crippen molar-refractivity contribution in [3.63, 3.8) is 0 Å². The quantitative estimate of drug-likeness (QED) is 0.387. The van der Waals surface area contributed by atoms with E-state index in [9.17, 15) is 4.79 Å². The van der Waals surface area contributed by atoms with Gasteiger partial charge in [-0.15, -0.1) is 0 Å². The lowest BCUT2D eigenvalue weighted by atomic mass is 10.2. The number of rotatable bonds is 9. The zero-order valence-corrected chi connectivity index (χ0v) is 18.4. The second kappa shape index (κ2) is 10.0. The number of anilines is 1. The number of hydrogen-bond acceptors (Lipinski definition) is 4. The number of para-hydroxylation sites is 3. The third-order valence-corrected chi connectivity index (χ3v) is 5.06. The van der Waals surface area contributed by atoms with E-state index >= 15 is 0 Å². The summed E-state index contributed by atoms with van der Waals surface area (Å²) in [6.45, 7) is 4.90. The number of amides is 1. The van der Waals surface area contributed by atoms with Gasteiger partial charge in [-0.3, -0.25) is 9.36 Å². The van der Waals surface area contributed by atoms with Gasteiger partial charge in [-0.05, 0) is 50.2 Å². The Kier molecular flexibility index (Phi) is 6.70. The molecule has 4 aromatic rings. The van der Waals surface area contributed by atoms with Crippen LogP contribution in [0.15, 0.2) is 72.8 Å².